The first-order chi connectivity index (χ1) is 26.3. The second kappa shape index (κ2) is 21.8. The van der Waals surface area contributed by atoms with Gasteiger partial charge in [-0.25, -0.2) is 19.2 Å². The molecule has 16 heteroatoms. The monoisotopic (exact) mass is 790 g/mol. The Morgan fingerprint density at radius 2 is 1.09 bits per heavy atom. The summed E-state index contributed by atoms with van der Waals surface area (Å²) < 4.78 is 44.4. The number of rotatable bonds is 8. The van der Waals surface area contributed by atoms with Gasteiger partial charge in [-0.3, -0.25) is 0 Å². The number of hydrogen-bond donors (Lipinski definition) is 4. The molecular weight excluding hydrogens is 732 g/mol. The molecule has 0 saturated carbocycles. The number of aliphatic hydroxyl groups is 2. The van der Waals surface area contributed by atoms with Gasteiger partial charge in [-0.15, -0.1) is 0 Å². The molecule has 16 nitrogen and oxygen atoms in total. The third-order valence-electron chi connectivity index (χ3n) is 7.99. The molecule has 0 spiro atoms. The van der Waals surface area contributed by atoms with Crippen LogP contribution in [0.2, 0.25) is 0 Å². The van der Waals surface area contributed by atoms with Crippen LogP contribution in [0.5, 0.6) is 0 Å². The average Bonchev–Trinajstić information content (AvgIpc) is 3.18. The van der Waals surface area contributed by atoms with E-state index in [1.165, 1.54) is 6.92 Å². The molecule has 4 rings (SSSR count). The largest absolute Gasteiger partial charge is 0.458 e. The number of carbonyl (C=O) groups is 4. The van der Waals surface area contributed by atoms with E-state index >= 15 is 0 Å². The molecule has 0 bridgehead atoms. The molecular formula is C40H58N2O14. The lowest BCUT2D eigenvalue weighted by molar-refractivity contribution is -0.171. The fourth-order valence-corrected chi connectivity index (χ4v) is 5.25. The Morgan fingerprint density at radius 1 is 0.661 bits per heavy atom. The maximum atomic E-state index is 12.9. The zero-order chi connectivity index (χ0) is 41.5. The lowest BCUT2D eigenvalue weighted by atomic mass is 10.1. The van der Waals surface area contributed by atoms with Gasteiger partial charge in [0.25, 0.3) is 0 Å². The number of carbonyl (C=O) groups excluding carboxylic acids is 4. The summed E-state index contributed by atoms with van der Waals surface area (Å²) in [7, 11) is 0. The quantitative estimate of drug-likeness (QED) is 0.223. The van der Waals surface area contributed by atoms with E-state index in [4.69, 9.17) is 37.9 Å². The van der Waals surface area contributed by atoms with Crippen molar-refractivity contribution in [3.63, 3.8) is 0 Å². The average molecular weight is 791 g/mol. The van der Waals surface area contributed by atoms with Gasteiger partial charge in [0.05, 0.1) is 39.6 Å². The minimum atomic E-state index is -1.26. The van der Waals surface area contributed by atoms with Crippen LogP contribution in [0.4, 0.5) is 9.59 Å². The highest BCUT2D eigenvalue weighted by atomic mass is 16.6. The number of benzene rings is 2. The molecule has 0 radical (unpaired) electrons. The van der Waals surface area contributed by atoms with E-state index in [9.17, 15) is 29.4 Å². The Balaban J connectivity index is 0.000000342. The van der Waals surface area contributed by atoms with Gasteiger partial charge in [-0.05, 0) is 66.5 Å². The fourth-order valence-electron chi connectivity index (χ4n) is 5.25. The van der Waals surface area contributed by atoms with Gasteiger partial charge in [0.15, 0.2) is 12.1 Å². The Bertz CT molecular complexity index is 1510. The lowest BCUT2D eigenvalue weighted by Gasteiger charge is -2.30. The highest BCUT2D eigenvalue weighted by Gasteiger charge is 2.37. The Labute approximate surface area is 328 Å². The van der Waals surface area contributed by atoms with Crippen molar-refractivity contribution < 1.29 is 67.3 Å². The molecule has 2 aromatic rings. The van der Waals surface area contributed by atoms with E-state index in [0.29, 0.717) is 13.2 Å². The third kappa shape index (κ3) is 16.8. The summed E-state index contributed by atoms with van der Waals surface area (Å²) in [6.45, 7) is 13.9. The van der Waals surface area contributed by atoms with Crippen LogP contribution in [0.25, 0.3) is 0 Å². The summed E-state index contributed by atoms with van der Waals surface area (Å²) in [5, 5.41) is 24.2. The molecule has 2 aliphatic rings. The predicted octanol–water partition coefficient (Wildman–Crippen LogP) is 3.58. The maximum Gasteiger partial charge on any atom is 0.408 e. The number of cyclic esters (lactones) is 2. The van der Waals surface area contributed by atoms with Gasteiger partial charge in [-0.1, -0.05) is 60.7 Å². The Morgan fingerprint density at radius 3 is 1.55 bits per heavy atom. The number of amides is 2. The minimum Gasteiger partial charge on any atom is -0.458 e. The van der Waals surface area contributed by atoms with Crippen LogP contribution < -0.4 is 10.6 Å². The van der Waals surface area contributed by atoms with E-state index in [2.05, 4.69) is 10.6 Å². The van der Waals surface area contributed by atoms with Crippen molar-refractivity contribution in [3.8, 4) is 0 Å². The van der Waals surface area contributed by atoms with Crippen LogP contribution in [-0.4, -0.2) is 121 Å². The highest BCUT2D eigenvalue weighted by Crippen LogP contribution is 2.20. The van der Waals surface area contributed by atoms with Crippen LogP contribution in [0, 0.1) is 0 Å². The van der Waals surface area contributed by atoms with Gasteiger partial charge in [0.2, 0.25) is 0 Å². The molecule has 2 aromatic carbocycles. The van der Waals surface area contributed by atoms with Gasteiger partial charge in [0, 0.05) is 0 Å². The van der Waals surface area contributed by atoms with Crippen LogP contribution in [-0.2, 0) is 60.7 Å². The van der Waals surface area contributed by atoms with Gasteiger partial charge in [0.1, 0.15) is 47.8 Å². The van der Waals surface area contributed by atoms with E-state index in [1.807, 2.05) is 60.7 Å². The molecule has 4 N–H and O–H groups in total. The second-order valence-corrected chi connectivity index (χ2v) is 15.4. The van der Waals surface area contributed by atoms with Crippen molar-refractivity contribution in [1.82, 2.24) is 10.6 Å². The maximum absolute atomic E-state index is 12.9. The number of hydrogen-bond acceptors (Lipinski definition) is 14. The van der Waals surface area contributed by atoms with Crippen molar-refractivity contribution >= 4 is 24.1 Å². The normalized spacial score (nSPS) is 26.4. The molecule has 0 unspecified atom stereocenters. The number of alkyl carbamates (subject to hydrolysis) is 2. The van der Waals surface area contributed by atoms with E-state index in [1.54, 1.807) is 48.5 Å². The summed E-state index contributed by atoms with van der Waals surface area (Å²) in [6, 6.07) is 17.4. The van der Waals surface area contributed by atoms with E-state index in [-0.39, 0.29) is 26.4 Å². The predicted molar refractivity (Wildman–Crippen MR) is 201 cm³/mol. The molecule has 8 atom stereocenters. The minimum absolute atomic E-state index is 0.0819. The summed E-state index contributed by atoms with van der Waals surface area (Å²) in [4.78, 5) is 48.7. The lowest BCUT2D eigenvalue weighted by Crippen LogP contribution is -2.48. The van der Waals surface area contributed by atoms with Gasteiger partial charge >= 0.3 is 24.1 Å². The summed E-state index contributed by atoms with van der Waals surface area (Å²) in [6.07, 6.45) is -6.61. The zero-order valence-corrected chi connectivity index (χ0v) is 33.4. The third-order valence-corrected chi connectivity index (χ3v) is 7.99. The molecule has 2 amide bonds. The van der Waals surface area contributed by atoms with Gasteiger partial charge < -0.3 is 58.7 Å². The second-order valence-electron chi connectivity index (χ2n) is 15.4. The summed E-state index contributed by atoms with van der Waals surface area (Å²) in [5.41, 5.74) is 0.585. The van der Waals surface area contributed by atoms with Crippen LogP contribution in [0.15, 0.2) is 60.7 Å². The Hall–Kier alpha value is -4.32. The van der Waals surface area contributed by atoms with Crippen molar-refractivity contribution in [1.29, 1.82) is 0 Å². The standard InChI is InChI=1S/C27H35NO7.C13H23NO7/c1-19-24(33-16-21-13-9-6-10-14-21)23(32-15-20-11-7-5-8-12-20)18-31-17-22(25(29)34-19)28-26(30)35-27(2,3)4;1-7-10(16)9(15)6-19-5-8(11(17)20-7)14-12(18)21-13(2,3)4/h5-14,19,22-24H,15-18H2,1-4H3,(H,28,30);7-10,15-16H,5-6H2,1-4H3,(H,14,18)/t19-,22-,23-,24-;7-,8-,9-,10-/m00/s1. The highest BCUT2D eigenvalue weighted by molar-refractivity contribution is 5.82. The number of esters is 2. The molecule has 2 saturated heterocycles. The topological polar surface area (TPSA) is 207 Å². The van der Waals surface area contributed by atoms with Crippen molar-refractivity contribution in [2.75, 3.05) is 26.4 Å². The molecule has 2 heterocycles. The van der Waals surface area contributed by atoms with E-state index < -0.39 is 84.0 Å². The first kappa shape index (κ1) is 46.1. The summed E-state index contributed by atoms with van der Waals surface area (Å²) >= 11 is 0. The molecule has 2 aliphatic heterocycles. The molecule has 2 fully saturated rings. The smallest absolute Gasteiger partial charge is 0.408 e. The van der Waals surface area contributed by atoms with Crippen molar-refractivity contribution in [2.45, 2.75) is 129 Å². The molecule has 0 aliphatic carbocycles. The Kier molecular flexibility index (Phi) is 18.0. The van der Waals surface area contributed by atoms with E-state index in [0.717, 1.165) is 11.1 Å². The van der Waals surface area contributed by atoms with Crippen LogP contribution in [0.3, 0.4) is 0 Å². The number of nitrogens with one attached hydrogen (secondary N) is 2. The number of aliphatic hydroxyl groups excluding tert-OH is 2. The van der Waals surface area contributed by atoms with Gasteiger partial charge in [-0.2, -0.15) is 0 Å². The number of ether oxygens (including phenoxy) is 8. The van der Waals surface area contributed by atoms with Crippen LogP contribution in [0.1, 0.15) is 66.5 Å². The SMILES string of the molecule is C[C@@H]1OC(=O)[C@@H](NC(=O)OC(C)(C)C)COC[C@H](O)[C@H]1O.C[C@@H]1OC(=O)[C@@H](NC(=O)OC(C)(C)C)COC[C@H](OCc2ccccc2)[C@H]1OCc1ccccc1. The zero-order valence-electron chi connectivity index (χ0n) is 33.4. The van der Waals surface area contributed by atoms with Crippen LogP contribution >= 0.6 is 0 Å². The molecule has 56 heavy (non-hydrogen) atoms. The van der Waals surface area contributed by atoms with Crippen molar-refractivity contribution in [3.05, 3.63) is 71.8 Å². The first-order valence-electron chi connectivity index (χ1n) is 18.5. The molecule has 312 valence electrons. The summed E-state index contributed by atoms with van der Waals surface area (Å²) in [5.74, 6) is -1.39. The first-order valence-corrected chi connectivity index (χ1v) is 18.5. The van der Waals surface area contributed by atoms with Crippen molar-refractivity contribution in [2.24, 2.45) is 0 Å². The molecule has 0 aromatic heterocycles. The fraction of sp³-hybridized carbons (Fsp3) is 0.600.